The maximum atomic E-state index is 12.1. The number of aliphatic hydroxyl groups excluding tert-OH is 1. The van der Waals surface area contributed by atoms with Crippen LogP contribution in [0.5, 0.6) is 0 Å². The molecule has 1 N–H and O–H groups in total. The number of hydrogen-bond donors (Lipinski definition) is 1. The van der Waals surface area contributed by atoms with Crippen molar-refractivity contribution in [2.24, 2.45) is 11.3 Å². The topological polar surface area (TPSA) is 37.3 Å². The molecule has 1 rings (SSSR count). The van der Waals surface area contributed by atoms with Crippen molar-refractivity contribution in [3.63, 3.8) is 0 Å². The van der Waals surface area contributed by atoms with Gasteiger partial charge in [0, 0.05) is 6.42 Å². The van der Waals surface area contributed by atoms with Gasteiger partial charge >= 0.3 is 0 Å². The molecule has 1 saturated carbocycles. The number of allylic oxidation sites excluding steroid dienone is 3. The molecule has 1 aliphatic rings. The second-order valence-corrected chi connectivity index (χ2v) is 7.11. The fourth-order valence-corrected chi connectivity index (χ4v) is 3.18. The first-order valence-corrected chi connectivity index (χ1v) is 7.75. The van der Waals surface area contributed by atoms with Crippen molar-refractivity contribution in [3.05, 3.63) is 23.3 Å². The highest BCUT2D eigenvalue weighted by molar-refractivity contribution is 5.83. The average molecular weight is 278 g/mol. The lowest BCUT2D eigenvalue weighted by atomic mass is 9.65. The van der Waals surface area contributed by atoms with E-state index in [1.165, 1.54) is 11.1 Å². The maximum absolute atomic E-state index is 12.1. The van der Waals surface area contributed by atoms with E-state index in [4.69, 9.17) is 0 Å². The Bertz CT molecular complexity index is 398. The van der Waals surface area contributed by atoms with Crippen molar-refractivity contribution in [2.45, 2.75) is 72.8 Å². The van der Waals surface area contributed by atoms with Gasteiger partial charge in [0.25, 0.3) is 0 Å². The minimum Gasteiger partial charge on any atom is -0.388 e. The predicted octanol–water partition coefficient (Wildman–Crippen LogP) is 4.44. The van der Waals surface area contributed by atoms with Gasteiger partial charge in [0.1, 0.15) is 5.78 Å². The lowest BCUT2D eigenvalue weighted by Gasteiger charge is -2.39. The molecule has 2 atom stereocenters. The molecule has 1 aliphatic carbocycles. The third kappa shape index (κ3) is 4.90. The highest BCUT2D eigenvalue weighted by Gasteiger charge is 2.41. The van der Waals surface area contributed by atoms with E-state index in [0.29, 0.717) is 6.42 Å². The van der Waals surface area contributed by atoms with E-state index in [9.17, 15) is 9.90 Å². The van der Waals surface area contributed by atoms with E-state index in [1.807, 2.05) is 13.0 Å². The summed E-state index contributed by atoms with van der Waals surface area (Å²) in [6.45, 7) is 10.4. The largest absolute Gasteiger partial charge is 0.388 e. The van der Waals surface area contributed by atoms with Crippen molar-refractivity contribution >= 4 is 5.78 Å². The minimum absolute atomic E-state index is 0.0918. The Hall–Kier alpha value is -0.890. The molecule has 1 fully saturated rings. The molecule has 2 unspecified atom stereocenters. The monoisotopic (exact) mass is 278 g/mol. The second-order valence-electron chi connectivity index (χ2n) is 7.11. The predicted molar refractivity (Wildman–Crippen MR) is 84.6 cm³/mol. The first-order chi connectivity index (χ1) is 9.24. The first kappa shape index (κ1) is 17.2. The molecular formula is C18H30O2. The highest BCUT2D eigenvalue weighted by atomic mass is 16.3. The first-order valence-electron chi connectivity index (χ1n) is 7.75. The van der Waals surface area contributed by atoms with E-state index in [-0.39, 0.29) is 17.1 Å². The van der Waals surface area contributed by atoms with E-state index >= 15 is 0 Å². The molecule has 0 aromatic carbocycles. The molecule has 2 heteroatoms. The fourth-order valence-electron chi connectivity index (χ4n) is 3.18. The van der Waals surface area contributed by atoms with Gasteiger partial charge in [-0.3, -0.25) is 4.79 Å². The molecule has 0 aromatic heterocycles. The zero-order valence-corrected chi connectivity index (χ0v) is 13.7. The number of carbonyl (C=O) groups excluding carboxylic acids is 1. The van der Waals surface area contributed by atoms with Crippen LogP contribution in [-0.4, -0.2) is 17.0 Å². The van der Waals surface area contributed by atoms with Crippen LogP contribution in [-0.2, 0) is 4.79 Å². The summed E-state index contributed by atoms with van der Waals surface area (Å²) in [6.07, 6.45) is 8.01. The quantitative estimate of drug-likeness (QED) is 0.755. The Morgan fingerprint density at radius 3 is 2.60 bits per heavy atom. The zero-order chi connectivity index (χ0) is 15.3. The van der Waals surface area contributed by atoms with E-state index < -0.39 is 6.10 Å². The van der Waals surface area contributed by atoms with Crippen LogP contribution in [0.15, 0.2) is 23.3 Å². The molecule has 20 heavy (non-hydrogen) atoms. The minimum atomic E-state index is -0.635. The van der Waals surface area contributed by atoms with Crippen LogP contribution >= 0.6 is 0 Å². The third-order valence-corrected chi connectivity index (χ3v) is 4.32. The van der Waals surface area contributed by atoms with E-state index in [0.717, 1.165) is 25.7 Å². The summed E-state index contributed by atoms with van der Waals surface area (Å²) in [5.74, 6) is -0.0169. The Labute approximate surface area is 124 Å². The molecule has 0 amide bonds. The van der Waals surface area contributed by atoms with Crippen LogP contribution in [0.2, 0.25) is 0 Å². The van der Waals surface area contributed by atoms with Gasteiger partial charge in [-0.2, -0.15) is 0 Å². The summed E-state index contributed by atoms with van der Waals surface area (Å²) in [5.41, 5.74) is 2.40. The molecule has 0 spiro atoms. The number of Topliss-reactive ketones (excluding diaryl/α,β-unsaturated/α-hetero) is 1. The molecule has 0 saturated heterocycles. The summed E-state index contributed by atoms with van der Waals surface area (Å²) in [6, 6.07) is 0. The Morgan fingerprint density at radius 1 is 1.40 bits per heavy atom. The third-order valence-electron chi connectivity index (χ3n) is 4.32. The van der Waals surface area contributed by atoms with Crippen molar-refractivity contribution < 1.29 is 9.90 Å². The summed E-state index contributed by atoms with van der Waals surface area (Å²) in [7, 11) is 0. The molecule has 0 aliphatic heterocycles. The van der Waals surface area contributed by atoms with Gasteiger partial charge in [0.15, 0.2) is 0 Å². The van der Waals surface area contributed by atoms with Gasteiger partial charge in [-0.15, -0.1) is 0 Å². The lowest BCUT2D eigenvalue weighted by molar-refractivity contribution is -0.133. The number of hydrogen-bond acceptors (Lipinski definition) is 2. The van der Waals surface area contributed by atoms with Crippen molar-refractivity contribution in [3.8, 4) is 0 Å². The molecule has 2 nitrogen and oxygen atoms in total. The molecule has 0 heterocycles. The number of ketones is 1. The summed E-state index contributed by atoms with van der Waals surface area (Å²) in [5, 5.41) is 10.4. The van der Waals surface area contributed by atoms with Crippen LogP contribution in [0.25, 0.3) is 0 Å². The van der Waals surface area contributed by atoms with Crippen LogP contribution in [0.3, 0.4) is 0 Å². The van der Waals surface area contributed by atoms with Gasteiger partial charge in [-0.05, 0) is 51.9 Å². The van der Waals surface area contributed by atoms with Crippen molar-refractivity contribution in [1.82, 2.24) is 0 Å². The Balaban J connectivity index is 2.70. The van der Waals surface area contributed by atoms with Crippen LogP contribution in [0.1, 0.15) is 66.7 Å². The van der Waals surface area contributed by atoms with Crippen LogP contribution in [0, 0.1) is 11.3 Å². The highest BCUT2D eigenvalue weighted by Crippen LogP contribution is 2.40. The molecule has 0 radical (unpaired) electrons. The van der Waals surface area contributed by atoms with Gasteiger partial charge < -0.3 is 5.11 Å². The van der Waals surface area contributed by atoms with Gasteiger partial charge in [0.05, 0.1) is 12.0 Å². The normalized spacial score (nSPS) is 24.4. The van der Waals surface area contributed by atoms with Crippen LogP contribution < -0.4 is 0 Å². The van der Waals surface area contributed by atoms with Crippen molar-refractivity contribution in [2.75, 3.05) is 0 Å². The molecule has 0 bridgehead atoms. The standard InChI is InChI=1S/C18H30O2/c1-13(2)8-6-9-14(3)12-16(20)17-15(19)10-7-11-18(17,4)5/h8,12,16-17,20H,6-7,9-11H2,1-5H3/b14-12+. The Morgan fingerprint density at radius 2 is 2.05 bits per heavy atom. The number of carbonyl (C=O) groups is 1. The summed E-state index contributed by atoms with van der Waals surface area (Å²) < 4.78 is 0. The van der Waals surface area contributed by atoms with Crippen molar-refractivity contribution in [1.29, 1.82) is 0 Å². The average Bonchev–Trinajstić information content (AvgIpc) is 2.26. The lowest BCUT2D eigenvalue weighted by Crippen LogP contribution is -2.42. The van der Waals surface area contributed by atoms with Crippen LogP contribution in [0.4, 0.5) is 0 Å². The van der Waals surface area contributed by atoms with Gasteiger partial charge in [-0.1, -0.05) is 37.1 Å². The van der Waals surface area contributed by atoms with Gasteiger partial charge in [0.2, 0.25) is 0 Å². The summed E-state index contributed by atoms with van der Waals surface area (Å²) >= 11 is 0. The fraction of sp³-hybridized carbons (Fsp3) is 0.722. The smallest absolute Gasteiger partial charge is 0.139 e. The Kier molecular flexibility index (Phi) is 6.19. The molecule has 0 aromatic rings. The molecular weight excluding hydrogens is 248 g/mol. The number of rotatable bonds is 5. The SMILES string of the molecule is CC(C)=CCC/C(C)=C/C(O)C1C(=O)CCCC1(C)C. The van der Waals surface area contributed by atoms with Gasteiger partial charge in [-0.25, -0.2) is 0 Å². The zero-order valence-electron chi connectivity index (χ0n) is 13.7. The summed E-state index contributed by atoms with van der Waals surface area (Å²) in [4.78, 5) is 12.1. The van der Waals surface area contributed by atoms with E-state index in [1.54, 1.807) is 0 Å². The maximum Gasteiger partial charge on any atom is 0.139 e. The number of aliphatic hydroxyl groups is 1. The molecule has 114 valence electrons. The second kappa shape index (κ2) is 7.21. The van der Waals surface area contributed by atoms with E-state index in [2.05, 4.69) is 33.8 Å².